The second kappa shape index (κ2) is 8.37. The van der Waals surface area contributed by atoms with Gasteiger partial charge in [-0.25, -0.2) is 4.99 Å². The number of fused-ring (bicyclic) bond motifs is 1. The minimum absolute atomic E-state index is 0.0126. The first-order valence-corrected chi connectivity index (χ1v) is 11.0. The molecule has 0 aliphatic heterocycles. The van der Waals surface area contributed by atoms with Gasteiger partial charge in [0.05, 0.1) is 5.56 Å². The van der Waals surface area contributed by atoms with Crippen LogP contribution in [0.5, 0.6) is 0 Å². The van der Waals surface area contributed by atoms with E-state index in [-0.39, 0.29) is 5.91 Å². The zero-order valence-corrected chi connectivity index (χ0v) is 18.1. The molecule has 0 unspecified atom stereocenters. The summed E-state index contributed by atoms with van der Waals surface area (Å²) in [5.41, 5.74) is 6.58. The summed E-state index contributed by atoms with van der Waals surface area (Å²) in [4.78, 5) is 19.2. The van der Waals surface area contributed by atoms with Gasteiger partial charge < -0.3 is 9.88 Å². The fraction of sp³-hybridized carbons (Fsp3) is 0.333. The van der Waals surface area contributed by atoms with Gasteiger partial charge >= 0.3 is 0 Å². The Morgan fingerprint density at radius 1 is 1.21 bits per heavy atom. The summed E-state index contributed by atoms with van der Waals surface area (Å²) < 4.78 is 2.16. The van der Waals surface area contributed by atoms with Crippen LogP contribution in [0.4, 0.5) is 5.00 Å². The average Bonchev–Trinajstić information content (AvgIpc) is 3.23. The number of aryl methyl sites for hydroxylation is 2. The number of hydrogen-bond donors (Lipinski definition) is 1. The van der Waals surface area contributed by atoms with Gasteiger partial charge in [-0.15, -0.1) is 11.3 Å². The van der Waals surface area contributed by atoms with Crippen molar-refractivity contribution in [3.05, 3.63) is 74.9 Å². The highest BCUT2D eigenvalue weighted by Gasteiger charge is 2.25. The van der Waals surface area contributed by atoms with Crippen molar-refractivity contribution in [1.29, 1.82) is 0 Å². The van der Waals surface area contributed by atoms with E-state index in [4.69, 9.17) is 4.99 Å². The standard InChI is InChI=1S/C24H27N3OS/c1-16-13-19(17(2)27(16)3)15-26-24-22(20-11-7-8-12-21(20)29-24)23(28)25-14-18-9-5-4-6-10-18/h4-6,9-10,13,15H,7-8,11-12,14H2,1-3H3,(H,25,28)/b26-15+. The van der Waals surface area contributed by atoms with Crippen molar-refractivity contribution in [1.82, 2.24) is 9.88 Å². The fourth-order valence-corrected chi connectivity index (χ4v) is 5.12. The normalized spacial score (nSPS) is 13.6. The smallest absolute Gasteiger partial charge is 0.254 e. The lowest BCUT2D eigenvalue weighted by Gasteiger charge is -2.12. The molecule has 0 fully saturated rings. The van der Waals surface area contributed by atoms with Gasteiger partial charge in [-0.1, -0.05) is 30.3 Å². The number of aromatic nitrogens is 1. The maximum Gasteiger partial charge on any atom is 0.254 e. The van der Waals surface area contributed by atoms with Crippen molar-refractivity contribution in [2.75, 3.05) is 0 Å². The van der Waals surface area contributed by atoms with E-state index in [9.17, 15) is 4.79 Å². The first-order valence-electron chi connectivity index (χ1n) is 10.2. The molecule has 4 rings (SSSR count). The molecule has 0 atom stereocenters. The van der Waals surface area contributed by atoms with Gasteiger partial charge in [0.25, 0.3) is 5.91 Å². The molecule has 4 nitrogen and oxygen atoms in total. The Hall–Kier alpha value is -2.66. The van der Waals surface area contributed by atoms with E-state index in [0.29, 0.717) is 6.54 Å². The average molecular weight is 406 g/mol. The summed E-state index contributed by atoms with van der Waals surface area (Å²) in [6.45, 7) is 4.72. The molecule has 0 saturated heterocycles. The molecule has 1 aliphatic carbocycles. The molecule has 0 radical (unpaired) electrons. The zero-order valence-electron chi connectivity index (χ0n) is 17.3. The van der Waals surface area contributed by atoms with Crippen LogP contribution in [-0.4, -0.2) is 16.7 Å². The minimum Gasteiger partial charge on any atom is -0.352 e. The third kappa shape index (κ3) is 4.06. The molecular formula is C24H27N3OS. The van der Waals surface area contributed by atoms with Crippen LogP contribution in [0.3, 0.4) is 0 Å². The van der Waals surface area contributed by atoms with Crippen LogP contribution in [0.2, 0.25) is 0 Å². The predicted molar refractivity (Wildman–Crippen MR) is 121 cm³/mol. The molecule has 1 aliphatic rings. The minimum atomic E-state index is -0.0126. The van der Waals surface area contributed by atoms with Gasteiger partial charge in [0.15, 0.2) is 0 Å². The number of thiophene rings is 1. The van der Waals surface area contributed by atoms with E-state index in [0.717, 1.165) is 41.0 Å². The number of carbonyl (C=O) groups is 1. The molecule has 2 aromatic heterocycles. The lowest BCUT2D eigenvalue weighted by Crippen LogP contribution is -2.24. The summed E-state index contributed by atoms with van der Waals surface area (Å²) in [6.07, 6.45) is 6.27. The van der Waals surface area contributed by atoms with Crippen LogP contribution < -0.4 is 5.32 Å². The molecule has 1 amide bonds. The van der Waals surface area contributed by atoms with Gasteiger partial charge in [0.1, 0.15) is 5.00 Å². The van der Waals surface area contributed by atoms with Crippen LogP contribution in [-0.2, 0) is 26.4 Å². The largest absolute Gasteiger partial charge is 0.352 e. The van der Waals surface area contributed by atoms with Crippen LogP contribution in [0.25, 0.3) is 0 Å². The fourth-order valence-electron chi connectivity index (χ4n) is 3.89. The summed E-state index contributed by atoms with van der Waals surface area (Å²) >= 11 is 1.68. The number of hydrogen-bond acceptors (Lipinski definition) is 3. The van der Waals surface area contributed by atoms with Crippen LogP contribution in [0.15, 0.2) is 41.4 Å². The molecule has 1 aromatic carbocycles. The third-order valence-electron chi connectivity index (χ3n) is 5.81. The number of rotatable bonds is 5. The Balaban J connectivity index is 1.63. The van der Waals surface area contributed by atoms with Crippen molar-refractivity contribution in [3.63, 3.8) is 0 Å². The maximum atomic E-state index is 13.1. The molecule has 0 spiro atoms. The molecule has 3 aromatic rings. The number of aliphatic imine (C=N–C) groups is 1. The number of amides is 1. The molecular weight excluding hydrogens is 378 g/mol. The first-order chi connectivity index (χ1) is 14.0. The van der Waals surface area contributed by atoms with E-state index >= 15 is 0 Å². The Bertz CT molecular complexity index is 1060. The van der Waals surface area contributed by atoms with E-state index in [1.807, 2.05) is 36.5 Å². The van der Waals surface area contributed by atoms with Crippen molar-refractivity contribution < 1.29 is 4.79 Å². The van der Waals surface area contributed by atoms with Crippen molar-refractivity contribution >= 4 is 28.5 Å². The van der Waals surface area contributed by atoms with Gasteiger partial charge in [-0.3, -0.25) is 4.79 Å². The maximum absolute atomic E-state index is 13.1. The van der Waals surface area contributed by atoms with Crippen molar-refractivity contribution in [2.24, 2.45) is 12.0 Å². The quantitative estimate of drug-likeness (QED) is 0.578. The van der Waals surface area contributed by atoms with Gasteiger partial charge in [-0.05, 0) is 56.7 Å². The Kier molecular flexibility index (Phi) is 5.67. The molecule has 5 heteroatoms. The van der Waals surface area contributed by atoms with E-state index < -0.39 is 0 Å². The second-order valence-corrected chi connectivity index (χ2v) is 8.79. The summed E-state index contributed by atoms with van der Waals surface area (Å²) in [6, 6.07) is 12.2. The lowest BCUT2D eigenvalue weighted by molar-refractivity contribution is 0.0951. The van der Waals surface area contributed by atoms with E-state index in [1.165, 1.54) is 28.2 Å². The van der Waals surface area contributed by atoms with E-state index in [1.54, 1.807) is 11.3 Å². The van der Waals surface area contributed by atoms with Gasteiger partial charge in [0.2, 0.25) is 0 Å². The molecule has 0 bridgehead atoms. The lowest BCUT2D eigenvalue weighted by atomic mass is 9.95. The summed E-state index contributed by atoms with van der Waals surface area (Å²) in [7, 11) is 2.06. The number of carbonyl (C=O) groups excluding carboxylic acids is 1. The SMILES string of the molecule is Cc1cc(/C=N/c2sc3c(c2C(=O)NCc2ccccc2)CCCC3)c(C)n1C. The number of nitrogens with zero attached hydrogens (tertiary/aromatic N) is 2. The van der Waals surface area contributed by atoms with Crippen molar-refractivity contribution in [3.8, 4) is 0 Å². The molecule has 29 heavy (non-hydrogen) atoms. The third-order valence-corrected chi connectivity index (χ3v) is 7.01. The van der Waals surface area contributed by atoms with Crippen LogP contribution in [0.1, 0.15) is 56.2 Å². The summed E-state index contributed by atoms with van der Waals surface area (Å²) in [5, 5.41) is 3.94. The number of benzene rings is 1. The molecule has 0 saturated carbocycles. The van der Waals surface area contributed by atoms with Crippen LogP contribution >= 0.6 is 11.3 Å². The molecule has 150 valence electrons. The van der Waals surface area contributed by atoms with Crippen molar-refractivity contribution in [2.45, 2.75) is 46.1 Å². The Morgan fingerprint density at radius 2 is 1.97 bits per heavy atom. The number of nitrogens with one attached hydrogen (secondary N) is 1. The zero-order chi connectivity index (χ0) is 20.4. The Morgan fingerprint density at radius 3 is 2.69 bits per heavy atom. The second-order valence-electron chi connectivity index (χ2n) is 7.70. The van der Waals surface area contributed by atoms with E-state index in [2.05, 4.69) is 36.8 Å². The topological polar surface area (TPSA) is 46.4 Å². The monoisotopic (exact) mass is 405 g/mol. The van der Waals surface area contributed by atoms with Gasteiger partial charge in [0, 0.05) is 41.6 Å². The highest BCUT2D eigenvalue weighted by molar-refractivity contribution is 7.16. The van der Waals surface area contributed by atoms with Gasteiger partial charge in [-0.2, -0.15) is 0 Å². The molecule has 2 heterocycles. The Labute approximate surface area is 176 Å². The first kappa shape index (κ1) is 19.6. The highest BCUT2D eigenvalue weighted by atomic mass is 32.1. The molecule has 1 N–H and O–H groups in total. The van der Waals surface area contributed by atoms with Crippen LogP contribution in [0, 0.1) is 13.8 Å². The summed E-state index contributed by atoms with van der Waals surface area (Å²) in [5.74, 6) is -0.0126. The predicted octanol–water partition coefficient (Wildman–Crippen LogP) is 5.26. The highest BCUT2D eigenvalue weighted by Crippen LogP contribution is 2.40.